The van der Waals surface area contributed by atoms with Crippen LogP contribution < -0.4 is 5.32 Å². The first-order valence-corrected chi connectivity index (χ1v) is 7.31. The van der Waals surface area contributed by atoms with Crippen LogP contribution in [0.1, 0.15) is 10.4 Å². The Kier molecular flexibility index (Phi) is 5.30. The fraction of sp³-hybridized carbons (Fsp3) is 0. The smallest absolute Gasteiger partial charge is 0.289 e. The van der Waals surface area contributed by atoms with E-state index in [0.717, 1.165) is 4.47 Å². The average Bonchev–Trinajstić information content (AvgIpc) is 2.49. The van der Waals surface area contributed by atoms with E-state index in [9.17, 15) is 14.9 Å². The van der Waals surface area contributed by atoms with Crippen LogP contribution in [-0.2, 0) is 0 Å². The van der Waals surface area contributed by atoms with E-state index in [2.05, 4.69) is 21.2 Å². The topological polar surface area (TPSA) is 72.2 Å². The minimum Gasteiger partial charge on any atom is -0.361 e. The minimum atomic E-state index is -0.565. The van der Waals surface area contributed by atoms with E-state index in [0.29, 0.717) is 11.3 Å². The van der Waals surface area contributed by atoms with Crippen molar-refractivity contribution in [1.29, 1.82) is 0 Å². The van der Waals surface area contributed by atoms with E-state index < -0.39 is 4.92 Å². The quantitative estimate of drug-likeness (QED) is 0.349. The summed E-state index contributed by atoms with van der Waals surface area (Å²) in [6, 6.07) is 11.3. The number of anilines is 1. The first-order chi connectivity index (χ1) is 10.5. The van der Waals surface area contributed by atoms with Crippen LogP contribution in [-0.4, -0.2) is 10.7 Å². The van der Waals surface area contributed by atoms with E-state index in [1.165, 1.54) is 24.4 Å². The van der Waals surface area contributed by atoms with Gasteiger partial charge in [-0.3, -0.25) is 14.9 Å². The number of nitrogens with one attached hydrogen (secondary N) is 1. The summed E-state index contributed by atoms with van der Waals surface area (Å²) in [6.45, 7) is 0. The standard InChI is InChI=1S/C15H10BrClN2O3/c16-11-3-1-10(2-4-11)15(20)7-8-18-12-5-6-13(17)14(9-12)19(21)22/h1-9,18H/b8-7+. The molecule has 0 saturated heterocycles. The minimum absolute atomic E-state index is 0.0606. The summed E-state index contributed by atoms with van der Waals surface area (Å²) in [6.07, 6.45) is 2.78. The molecule has 0 spiro atoms. The molecule has 5 nitrogen and oxygen atoms in total. The number of nitro benzene ring substituents is 1. The van der Waals surface area contributed by atoms with Gasteiger partial charge in [0.05, 0.1) is 4.92 Å². The Morgan fingerprint density at radius 2 is 1.91 bits per heavy atom. The molecule has 2 aromatic rings. The van der Waals surface area contributed by atoms with Crippen LogP contribution in [0, 0.1) is 10.1 Å². The summed E-state index contributed by atoms with van der Waals surface area (Å²) in [4.78, 5) is 22.1. The van der Waals surface area contributed by atoms with Gasteiger partial charge in [-0.2, -0.15) is 0 Å². The molecule has 0 atom stereocenters. The Bertz CT molecular complexity index is 745. The maximum Gasteiger partial charge on any atom is 0.289 e. The van der Waals surface area contributed by atoms with Crippen molar-refractivity contribution in [3.05, 3.63) is 79.9 Å². The lowest BCUT2D eigenvalue weighted by molar-refractivity contribution is -0.384. The van der Waals surface area contributed by atoms with Crippen LogP contribution in [0.15, 0.2) is 59.2 Å². The van der Waals surface area contributed by atoms with E-state index >= 15 is 0 Å². The molecule has 0 aliphatic heterocycles. The summed E-state index contributed by atoms with van der Waals surface area (Å²) in [5.41, 5.74) is 0.818. The summed E-state index contributed by atoms with van der Waals surface area (Å²) in [5, 5.41) is 13.7. The van der Waals surface area contributed by atoms with Gasteiger partial charge in [-0.1, -0.05) is 27.5 Å². The predicted molar refractivity (Wildman–Crippen MR) is 89.3 cm³/mol. The Morgan fingerprint density at radius 1 is 1.23 bits per heavy atom. The molecule has 2 rings (SSSR count). The van der Waals surface area contributed by atoms with Crippen molar-refractivity contribution >= 4 is 44.7 Å². The first-order valence-electron chi connectivity index (χ1n) is 6.14. The summed E-state index contributed by atoms with van der Waals surface area (Å²) < 4.78 is 0.889. The molecule has 0 aliphatic carbocycles. The molecule has 0 bridgehead atoms. The van der Waals surface area contributed by atoms with Crippen LogP contribution in [0.5, 0.6) is 0 Å². The number of allylic oxidation sites excluding steroid dienone is 1. The van der Waals surface area contributed by atoms with Gasteiger partial charge < -0.3 is 5.32 Å². The lowest BCUT2D eigenvalue weighted by Gasteiger charge is -2.02. The maximum atomic E-state index is 11.9. The van der Waals surface area contributed by atoms with Crippen molar-refractivity contribution in [2.24, 2.45) is 0 Å². The number of benzene rings is 2. The second-order valence-corrected chi connectivity index (χ2v) is 5.59. The Balaban J connectivity index is 2.06. The largest absolute Gasteiger partial charge is 0.361 e. The van der Waals surface area contributed by atoms with Gasteiger partial charge in [-0.15, -0.1) is 0 Å². The number of hydrogen-bond donors (Lipinski definition) is 1. The summed E-state index contributed by atoms with van der Waals surface area (Å²) >= 11 is 9.02. The van der Waals surface area contributed by atoms with Crippen molar-refractivity contribution in [2.75, 3.05) is 5.32 Å². The highest BCUT2D eigenvalue weighted by Crippen LogP contribution is 2.27. The van der Waals surface area contributed by atoms with Crippen LogP contribution in [0.2, 0.25) is 5.02 Å². The number of carbonyl (C=O) groups excluding carboxylic acids is 1. The monoisotopic (exact) mass is 380 g/mol. The SMILES string of the molecule is O=C(/C=C/Nc1ccc(Cl)c([N+](=O)[O-])c1)c1ccc(Br)cc1. The molecule has 0 aliphatic rings. The molecule has 7 heteroatoms. The van der Waals surface area contributed by atoms with Gasteiger partial charge in [0.15, 0.2) is 5.78 Å². The second-order valence-electron chi connectivity index (χ2n) is 4.27. The molecule has 0 radical (unpaired) electrons. The highest BCUT2D eigenvalue weighted by atomic mass is 79.9. The molecule has 112 valence electrons. The zero-order valence-corrected chi connectivity index (χ0v) is 13.5. The van der Waals surface area contributed by atoms with Gasteiger partial charge in [-0.25, -0.2) is 0 Å². The summed E-state index contributed by atoms with van der Waals surface area (Å²) in [5.74, 6) is -0.177. The Labute approximate surface area is 139 Å². The van der Waals surface area contributed by atoms with Crippen molar-refractivity contribution in [3.63, 3.8) is 0 Å². The van der Waals surface area contributed by atoms with Crippen LogP contribution in [0.3, 0.4) is 0 Å². The predicted octanol–water partition coefficient (Wildman–Crippen LogP) is 4.82. The van der Waals surface area contributed by atoms with Crippen molar-refractivity contribution in [2.45, 2.75) is 0 Å². The first kappa shape index (κ1) is 16.2. The highest BCUT2D eigenvalue weighted by Gasteiger charge is 2.12. The summed E-state index contributed by atoms with van der Waals surface area (Å²) in [7, 11) is 0. The highest BCUT2D eigenvalue weighted by molar-refractivity contribution is 9.10. The van der Waals surface area contributed by atoms with E-state index in [1.54, 1.807) is 30.3 Å². The Hall–Kier alpha value is -2.18. The number of carbonyl (C=O) groups is 1. The van der Waals surface area contributed by atoms with Crippen molar-refractivity contribution in [3.8, 4) is 0 Å². The zero-order valence-electron chi connectivity index (χ0n) is 11.1. The molecule has 0 unspecified atom stereocenters. The number of halogens is 2. The fourth-order valence-corrected chi connectivity index (χ4v) is 2.12. The molecule has 0 heterocycles. The van der Waals surface area contributed by atoms with Gasteiger partial charge in [0.1, 0.15) is 5.02 Å². The molecular formula is C15H10BrClN2O3. The van der Waals surface area contributed by atoms with Crippen LogP contribution in [0.25, 0.3) is 0 Å². The zero-order chi connectivity index (χ0) is 16.1. The van der Waals surface area contributed by atoms with Gasteiger partial charge in [0, 0.05) is 34.1 Å². The lowest BCUT2D eigenvalue weighted by atomic mass is 10.1. The van der Waals surface area contributed by atoms with Gasteiger partial charge in [0.25, 0.3) is 5.69 Å². The molecule has 1 N–H and O–H groups in total. The van der Waals surface area contributed by atoms with E-state index in [4.69, 9.17) is 11.6 Å². The van der Waals surface area contributed by atoms with Crippen molar-refractivity contribution in [1.82, 2.24) is 0 Å². The number of hydrogen-bond acceptors (Lipinski definition) is 4. The second kappa shape index (κ2) is 7.20. The number of nitrogens with zero attached hydrogens (tertiary/aromatic N) is 1. The van der Waals surface area contributed by atoms with Crippen molar-refractivity contribution < 1.29 is 9.72 Å². The van der Waals surface area contributed by atoms with Crippen LogP contribution in [0.4, 0.5) is 11.4 Å². The van der Waals surface area contributed by atoms with E-state index in [1.807, 2.05) is 0 Å². The molecular weight excluding hydrogens is 372 g/mol. The third-order valence-corrected chi connectivity index (χ3v) is 3.60. The normalized spacial score (nSPS) is 10.6. The molecule has 0 fully saturated rings. The third-order valence-electron chi connectivity index (χ3n) is 2.76. The number of rotatable bonds is 5. The van der Waals surface area contributed by atoms with Gasteiger partial charge in [0.2, 0.25) is 0 Å². The van der Waals surface area contributed by atoms with Gasteiger partial charge in [-0.05, 0) is 36.4 Å². The van der Waals surface area contributed by atoms with Gasteiger partial charge >= 0.3 is 0 Å². The molecule has 0 amide bonds. The third kappa shape index (κ3) is 4.16. The molecule has 22 heavy (non-hydrogen) atoms. The maximum absolute atomic E-state index is 11.9. The fourth-order valence-electron chi connectivity index (χ4n) is 1.67. The number of ketones is 1. The molecule has 0 saturated carbocycles. The average molecular weight is 382 g/mol. The Morgan fingerprint density at radius 3 is 2.55 bits per heavy atom. The van der Waals surface area contributed by atoms with E-state index in [-0.39, 0.29) is 16.5 Å². The number of nitro groups is 1. The molecule has 0 aromatic heterocycles. The van der Waals surface area contributed by atoms with Crippen LogP contribution >= 0.6 is 27.5 Å². The lowest BCUT2D eigenvalue weighted by Crippen LogP contribution is -1.96. The molecule has 2 aromatic carbocycles.